The zero-order valence-corrected chi connectivity index (χ0v) is 12.7. The summed E-state index contributed by atoms with van der Waals surface area (Å²) in [5.41, 5.74) is 2.78. The Morgan fingerprint density at radius 3 is 2.62 bits per heavy atom. The number of hydrogen-bond acceptors (Lipinski definition) is 3. The number of terminal acetylenes is 1. The molecule has 1 unspecified atom stereocenters. The van der Waals surface area contributed by atoms with Crippen molar-refractivity contribution in [1.29, 1.82) is 0 Å². The lowest BCUT2D eigenvalue weighted by atomic mass is 10.0. The summed E-state index contributed by atoms with van der Waals surface area (Å²) in [5, 5.41) is 4.19. The second-order valence-corrected chi connectivity index (χ2v) is 4.96. The third kappa shape index (κ3) is 2.82. The van der Waals surface area contributed by atoms with Crippen LogP contribution in [0.2, 0.25) is 0 Å². The molecule has 0 fully saturated rings. The second kappa shape index (κ2) is 5.84. The maximum absolute atomic E-state index is 12.5. The van der Waals surface area contributed by atoms with Crippen molar-refractivity contribution in [3.05, 3.63) is 45.9 Å². The van der Waals surface area contributed by atoms with Crippen molar-refractivity contribution in [3.8, 4) is 29.2 Å². The van der Waals surface area contributed by atoms with Gasteiger partial charge in [0.15, 0.2) is 11.9 Å². The van der Waals surface area contributed by atoms with E-state index in [0.717, 1.165) is 11.1 Å². The number of nitrogens with zero attached hydrogens (tertiary/aromatic N) is 2. The molecule has 4 heteroatoms. The van der Waals surface area contributed by atoms with Crippen molar-refractivity contribution in [1.82, 2.24) is 9.78 Å². The summed E-state index contributed by atoms with van der Waals surface area (Å²) in [6.07, 6.45) is 4.95. The van der Waals surface area contributed by atoms with E-state index in [2.05, 4.69) is 11.0 Å². The standard InChI is InChI=1S/C17H18N2O2/c1-6-12(3)21-16-13(4)18-19(5)17(20)15(16)14-10-8-7-9-11(14)2/h1,7-10,12H,2-5H3. The summed E-state index contributed by atoms with van der Waals surface area (Å²) in [4.78, 5) is 12.5. The highest BCUT2D eigenvalue weighted by molar-refractivity contribution is 5.73. The Kier molecular flexibility index (Phi) is 4.13. The van der Waals surface area contributed by atoms with Crippen LogP contribution >= 0.6 is 0 Å². The predicted molar refractivity (Wildman–Crippen MR) is 83.3 cm³/mol. The number of hydrogen-bond donors (Lipinski definition) is 0. The fourth-order valence-corrected chi connectivity index (χ4v) is 2.20. The molecule has 0 radical (unpaired) electrons. The molecule has 0 saturated heterocycles. The second-order valence-electron chi connectivity index (χ2n) is 4.96. The molecule has 0 amide bonds. The van der Waals surface area contributed by atoms with Crippen LogP contribution in [-0.4, -0.2) is 15.9 Å². The van der Waals surface area contributed by atoms with Gasteiger partial charge in [0.05, 0.1) is 5.56 Å². The zero-order valence-electron chi connectivity index (χ0n) is 12.7. The molecule has 1 atom stereocenters. The predicted octanol–water partition coefficient (Wildman–Crippen LogP) is 2.46. The third-order valence-electron chi connectivity index (χ3n) is 3.31. The Bertz CT molecular complexity index is 769. The molecule has 0 saturated carbocycles. The molecule has 0 N–H and O–H groups in total. The lowest BCUT2D eigenvalue weighted by molar-refractivity contribution is 0.275. The minimum absolute atomic E-state index is 0.200. The molecule has 0 spiro atoms. The molecule has 1 aromatic carbocycles. The number of aromatic nitrogens is 2. The number of benzene rings is 1. The van der Waals surface area contributed by atoms with Gasteiger partial charge in [-0.05, 0) is 31.9 Å². The molecule has 0 bridgehead atoms. The third-order valence-corrected chi connectivity index (χ3v) is 3.31. The van der Waals surface area contributed by atoms with E-state index in [1.54, 1.807) is 20.9 Å². The van der Waals surface area contributed by atoms with Gasteiger partial charge in [0.2, 0.25) is 0 Å². The van der Waals surface area contributed by atoms with E-state index in [9.17, 15) is 4.79 Å². The molecule has 1 heterocycles. The van der Waals surface area contributed by atoms with Gasteiger partial charge in [-0.25, -0.2) is 4.68 Å². The van der Waals surface area contributed by atoms with Gasteiger partial charge in [0, 0.05) is 7.05 Å². The van der Waals surface area contributed by atoms with Crippen LogP contribution < -0.4 is 10.3 Å². The molecule has 0 aliphatic rings. The number of ether oxygens (including phenoxy) is 1. The Labute approximate surface area is 124 Å². The molecule has 0 aliphatic heterocycles. The van der Waals surface area contributed by atoms with Crippen molar-refractivity contribution >= 4 is 0 Å². The van der Waals surface area contributed by atoms with Gasteiger partial charge in [0.25, 0.3) is 5.56 Å². The van der Waals surface area contributed by atoms with Crippen LogP contribution in [-0.2, 0) is 7.05 Å². The van der Waals surface area contributed by atoms with E-state index in [1.165, 1.54) is 4.68 Å². The van der Waals surface area contributed by atoms with E-state index in [4.69, 9.17) is 11.2 Å². The van der Waals surface area contributed by atoms with Crippen molar-refractivity contribution in [2.75, 3.05) is 0 Å². The smallest absolute Gasteiger partial charge is 0.278 e. The fraction of sp³-hybridized carbons (Fsp3) is 0.294. The average molecular weight is 282 g/mol. The highest BCUT2D eigenvalue weighted by Gasteiger charge is 2.19. The van der Waals surface area contributed by atoms with Crippen LogP contribution in [0.3, 0.4) is 0 Å². The Hall–Kier alpha value is -2.54. The van der Waals surface area contributed by atoms with Crippen LogP contribution in [0.25, 0.3) is 11.1 Å². The van der Waals surface area contributed by atoms with Gasteiger partial charge in [-0.2, -0.15) is 5.10 Å². The molecule has 21 heavy (non-hydrogen) atoms. The molecular weight excluding hydrogens is 264 g/mol. The Morgan fingerprint density at radius 2 is 2.00 bits per heavy atom. The Morgan fingerprint density at radius 1 is 1.33 bits per heavy atom. The van der Waals surface area contributed by atoms with Crippen molar-refractivity contribution in [3.63, 3.8) is 0 Å². The summed E-state index contributed by atoms with van der Waals surface area (Å²) in [6.45, 7) is 5.53. The minimum Gasteiger partial charge on any atom is -0.475 e. The maximum atomic E-state index is 12.5. The van der Waals surface area contributed by atoms with Crippen LogP contribution in [0.4, 0.5) is 0 Å². The van der Waals surface area contributed by atoms with Gasteiger partial charge in [-0.1, -0.05) is 30.2 Å². The van der Waals surface area contributed by atoms with Gasteiger partial charge >= 0.3 is 0 Å². The van der Waals surface area contributed by atoms with Crippen LogP contribution in [0, 0.1) is 26.2 Å². The molecule has 108 valence electrons. The minimum atomic E-state index is -0.430. The highest BCUT2D eigenvalue weighted by atomic mass is 16.5. The van der Waals surface area contributed by atoms with Crippen molar-refractivity contribution in [2.45, 2.75) is 26.9 Å². The fourth-order valence-electron chi connectivity index (χ4n) is 2.20. The molecule has 2 rings (SSSR count). The monoisotopic (exact) mass is 282 g/mol. The molecule has 0 aliphatic carbocycles. The van der Waals surface area contributed by atoms with Crippen LogP contribution in [0.5, 0.6) is 5.75 Å². The van der Waals surface area contributed by atoms with E-state index in [0.29, 0.717) is 17.0 Å². The van der Waals surface area contributed by atoms with Crippen molar-refractivity contribution < 1.29 is 4.74 Å². The summed E-state index contributed by atoms with van der Waals surface area (Å²) < 4.78 is 7.08. The van der Waals surface area contributed by atoms with E-state index in [1.807, 2.05) is 31.2 Å². The quantitative estimate of drug-likeness (QED) is 0.812. The van der Waals surface area contributed by atoms with E-state index >= 15 is 0 Å². The normalized spacial score (nSPS) is 11.8. The van der Waals surface area contributed by atoms with Crippen LogP contribution in [0.1, 0.15) is 18.2 Å². The summed E-state index contributed by atoms with van der Waals surface area (Å²) in [5.74, 6) is 2.97. The number of aryl methyl sites for hydroxylation is 3. The van der Waals surface area contributed by atoms with Gasteiger partial charge < -0.3 is 4.74 Å². The first-order chi connectivity index (χ1) is 9.95. The van der Waals surface area contributed by atoms with E-state index in [-0.39, 0.29) is 5.56 Å². The topological polar surface area (TPSA) is 44.1 Å². The maximum Gasteiger partial charge on any atom is 0.278 e. The Balaban J connectivity index is 2.77. The lowest BCUT2D eigenvalue weighted by Crippen LogP contribution is -2.25. The summed E-state index contributed by atoms with van der Waals surface area (Å²) >= 11 is 0. The summed E-state index contributed by atoms with van der Waals surface area (Å²) in [7, 11) is 1.63. The van der Waals surface area contributed by atoms with Gasteiger partial charge in [0.1, 0.15) is 5.69 Å². The zero-order chi connectivity index (χ0) is 15.6. The van der Waals surface area contributed by atoms with Gasteiger partial charge in [-0.3, -0.25) is 4.79 Å². The highest BCUT2D eigenvalue weighted by Crippen LogP contribution is 2.31. The molecule has 2 aromatic rings. The average Bonchev–Trinajstić information content (AvgIpc) is 2.46. The van der Waals surface area contributed by atoms with Gasteiger partial charge in [-0.15, -0.1) is 6.42 Å². The first-order valence-electron chi connectivity index (χ1n) is 6.72. The van der Waals surface area contributed by atoms with E-state index < -0.39 is 6.10 Å². The molecule has 1 aromatic heterocycles. The lowest BCUT2D eigenvalue weighted by Gasteiger charge is -2.17. The molecular formula is C17H18N2O2. The largest absolute Gasteiger partial charge is 0.475 e. The molecule has 4 nitrogen and oxygen atoms in total. The van der Waals surface area contributed by atoms with Crippen molar-refractivity contribution in [2.24, 2.45) is 7.05 Å². The first kappa shape index (κ1) is 14.9. The summed E-state index contributed by atoms with van der Waals surface area (Å²) in [6, 6.07) is 7.69. The first-order valence-corrected chi connectivity index (χ1v) is 6.72. The van der Waals surface area contributed by atoms with Crippen LogP contribution in [0.15, 0.2) is 29.1 Å². The number of rotatable bonds is 3. The SMILES string of the molecule is C#CC(C)Oc1c(C)nn(C)c(=O)c1-c1ccccc1C.